The first-order valence-corrected chi connectivity index (χ1v) is 8.97. The summed E-state index contributed by atoms with van der Waals surface area (Å²) in [5.74, 6) is 1.80. The van der Waals surface area contributed by atoms with Gasteiger partial charge in [-0.05, 0) is 57.1 Å². The van der Waals surface area contributed by atoms with Gasteiger partial charge in [0.25, 0.3) is 0 Å². The number of hydrogen-bond donors (Lipinski definition) is 1. The smallest absolute Gasteiger partial charge is 0.123 e. The lowest BCUT2D eigenvalue weighted by Crippen LogP contribution is -2.35. The largest absolute Gasteiger partial charge is 0.497 e. The summed E-state index contributed by atoms with van der Waals surface area (Å²) in [6.45, 7) is 2.21. The van der Waals surface area contributed by atoms with Gasteiger partial charge in [0.15, 0.2) is 0 Å². The minimum atomic E-state index is 0.269. The summed E-state index contributed by atoms with van der Waals surface area (Å²) in [5, 5.41) is 4.61. The first-order valence-electron chi connectivity index (χ1n) is 7.68. The molecule has 0 aromatic heterocycles. The number of nitrogens with one attached hydrogen (secondary N) is 1. The summed E-state index contributed by atoms with van der Waals surface area (Å²) in [4.78, 5) is 0. The van der Waals surface area contributed by atoms with Crippen LogP contribution in [0.4, 0.5) is 0 Å². The highest BCUT2D eigenvalue weighted by molar-refractivity contribution is 7.99. The Balaban J connectivity index is 2.01. The van der Waals surface area contributed by atoms with Crippen LogP contribution in [0.15, 0.2) is 18.2 Å². The van der Waals surface area contributed by atoms with Gasteiger partial charge in [-0.25, -0.2) is 0 Å². The third-order valence-corrected chi connectivity index (χ3v) is 5.53. The normalized spacial score (nSPS) is 23.6. The van der Waals surface area contributed by atoms with Gasteiger partial charge in [0.2, 0.25) is 0 Å². The second-order valence-corrected chi connectivity index (χ2v) is 6.84. The van der Waals surface area contributed by atoms with Gasteiger partial charge in [0, 0.05) is 22.9 Å². The van der Waals surface area contributed by atoms with Crippen molar-refractivity contribution in [1.82, 2.24) is 5.32 Å². The lowest BCUT2D eigenvalue weighted by molar-refractivity contribution is 0.342. The number of methoxy groups -OCH3 is 2. The average Bonchev–Trinajstić information content (AvgIpc) is 2.54. The number of thioether (sulfide) groups is 1. The topological polar surface area (TPSA) is 30.5 Å². The van der Waals surface area contributed by atoms with Gasteiger partial charge in [0.1, 0.15) is 11.5 Å². The van der Waals surface area contributed by atoms with Crippen LogP contribution in [0.2, 0.25) is 0 Å². The van der Waals surface area contributed by atoms with Crippen molar-refractivity contribution in [3.8, 4) is 11.5 Å². The number of rotatable bonds is 6. The highest BCUT2D eigenvalue weighted by atomic mass is 32.2. The first-order chi connectivity index (χ1) is 10.2. The molecule has 1 saturated carbocycles. The molecule has 0 heterocycles. The first kappa shape index (κ1) is 16.5. The number of benzene rings is 1. The Kier molecular flexibility index (Phi) is 6.24. The summed E-state index contributed by atoms with van der Waals surface area (Å²) >= 11 is 2.01. The fourth-order valence-corrected chi connectivity index (χ4v) is 3.83. The van der Waals surface area contributed by atoms with Crippen molar-refractivity contribution in [1.29, 1.82) is 0 Å². The monoisotopic (exact) mass is 309 g/mol. The quantitative estimate of drug-likeness (QED) is 0.859. The minimum absolute atomic E-state index is 0.269. The van der Waals surface area contributed by atoms with Crippen LogP contribution >= 0.6 is 11.8 Å². The van der Waals surface area contributed by atoms with Crippen molar-refractivity contribution < 1.29 is 9.47 Å². The molecule has 0 aliphatic heterocycles. The van der Waals surface area contributed by atoms with Crippen molar-refractivity contribution in [3.05, 3.63) is 23.8 Å². The molecule has 1 aromatic rings. The highest BCUT2D eigenvalue weighted by Crippen LogP contribution is 2.32. The Hall–Kier alpha value is -0.870. The zero-order valence-electron chi connectivity index (χ0n) is 13.5. The van der Waals surface area contributed by atoms with Crippen molar-refractivity contribution in [2.45, 2.75) is 49.9 Å². The molecule has 1 atom stereocenters. The van der Waals surface area contributed by atoms with Crippen LogP contribution in [0.3, 0.4) is 0 Å². The molecule has 0 bridgehead atoms. The van der Waals surface area contributed by atoms with Crippen molar-refractivity contribution in [2.75, 3.05) is 20.5 Å². The molecule has 118 valence electrons. The zero-order chi connectivity index (χ0) is 15.2. The predicted molar refractivity (Wildman–Crippen MR) is 90.7 cm³/mol. The molecule has 4 heteroatoms. The maximum atomic E-state index is 5.49. The lowest BCUT2D eigenvalue weighted by atomic mass is 9.93. The SMILES string of the molecule is COc1ccc(OC)c(C(C)NC2CCC(SC)CC2)c1. The van der Waals surface area contributed by atoms with Gasteiger partial charge in [-0.1, -0.05) is 0 Å². The highest BCUT2D eigenvalue weighted by Gasteiger charge is 2.23. The van der Waals surface area contributed by atoms with E-state index in [9.17, 15) is 0 Å². The van der Waals surface area contributed by atoms with E-state index in [4.69, 9.17) is 9.47 Å². The van der Waals surface area contributed by atoms with E-state index < -0.39 is 0 Å². The number of hydrogen-bond acceptors (Lipinski definition) is 4. The minimum Gasteiger partial charge on any atom is -0.497 e. The van der Waals surface area contributed by atoms with Gasteiger partial charge in [-0.3, -0.25) is 0 Å². The van der Waals surface area contributed by atoms with Gasteiger partial charge < -0.3 is 14.8 Å². The molecular weight excluding hydrogens is 282 g/mol. The van der Waals surface area contributed by atoms with Crippen molar-refractivity contribution in [3.63, 3.8) is 0 Å². The molecule has 1 fully saturated rings. The summed E-state index contributed by atoms with van der Waals surface area (Å²) in [6, 6.07) is 6.88. The van der Waals surface area contributed by atoms with E-state index in [2.05, 4.69) is 24.6 Å². The second kappa shape index (κ2) is 7.95. The van der Waals surface area contributed by atoms with Crippen molar-refractivity contribution in [2.24, 2.45) is 0 Å². The van der Waals surface area contributed by atoms with Gasteiger partial charge in [-0.2, -0.15) is 11.8 Å². The van der Waals surface area contributed by atoms with Crippen LogP contribution in [0.25, 0.3) is 0 Å². The van der Waals surface area contributed by atoms with Gasteiger partial charge >= 0.3 is 0 Å². The summed E-state index contributed by atoms with van der Waals surface area (Å²) < 4.78 is 10.8. The molecular formula is C17H27NO2S. The van der Waals surface area contributed by atoms with Crippen LogP contribution in [-0.2, 0) is 0 Å². The van der Waals surface area contributed by atoms with E-state index in [0.717, 1.165) is 16.7 Å². The Labute approximate surface area is 132 Å². The Morgan fingerprint density at radius 3 is 2.43 bits per heavy atom. The third kappa shape index (κ3) is 4.30. The Morgan fingerprint density at radius 2 is 1.86 bits per heavy atom. The molecule has 1 aliphatic carbocycles. The fourth-order valence-electron chi connectivity index (χ4n) is 3.09. The van der Waals surface area contributed by atoms with Crippen molar-refractivity contribution >= 4 is 11.8 Å². The average molecular weight is 309 g/mol. The van der Waals surface area contributed by atoms with Crippen LogP contribution in [0.5, 0.6) is 11.5 Å². The maximum absolute atomic E-state index is 5.49. The fraction of sp³-hybridized carbons (Fsp3) is 0.647. The second-order valence-electron chi connectivity index (χ2n) is 5.71. The molecule has 2 rings (SSSR count). The maximum Gasteiger partial charge on any atom is 0.123 e. The third-order valence-electron chi connectivity index (χ3n) is 4.40. The van der Waals surface area contributed by atoms with Gasteiger partial charge in [-0.15, -0.1) is 0 Å². The van der Waals surface area contributed by atoms with E-state index in [1.165, 1.54) is 31.2 Å². The standard InChI is InChI=1S/C17H27NO2S/c1-12(18-13-5-8-15(21-4)9-6-13)16-11-14(19-2)7-10-17(16)20-3/h7,10-13,15,18H,5-6,8-9H2,1-4H3. The van der Waals surface area contributed by atoms with E-state index in [1.54, 1.807) is 14.2 Å². The number of ether oxygens (including phenoxy) is 2. The lowest BCUT2D eigenvalue weighted by Gasteiger charge is -2.31. The molecule has 0 radical (unpaired) electrons. The van der Waals surface area contributed by atoms with E-state index in [0.29, 0.717) is 6.04 Å². The van der Waals surface area contributed by atoms with Crippen LogP contribution in [-0.4, -0.2) is 31.8 Å². The van der Waals surface area contributed by atoms with E-state index in [1.807, 2.05) is 23.9 Å². The van der Waals surface area contributed by atoms with Crippen LogP contribution in [0.1, 0.15) is 44.2 Å². The summed E-state index contributed by atoms with van der Waals surface area (Å²) in [7, 11) is 3.43. The molecule has 0 amide bonds. The molecule has 1 aliphatic rings. The Morgan fingerprint density at radius 1 is 1.14 bits per heavy atom. The molecule has 1 unspecified atom stereocenters. The van der Waals surface area contributed by atoms with Gasteiger partial charge in [0.05, 0.1) is 14.2 Å². The van der Waals surface area contributed by atoms with Crippen LogP contribution < -0.4 is 14.8 Å². The molecule has 1 aromatic carbocycles. The van der Waals surface area contributed by atoms with Crippen LogP contribution in [0, 0.1) is 0 Å². The summed E-state index contributed by atoms with van der Waals surface area (Å²) in [5.41, 5.74) is 1.17. The summed E-state index contributed by atoms with van der Waals surface area (Å²) in [6.07, 6.45) is 7.40. The molecule has 1 N–H and O–H groups in total. The molecule has 3 nitrogen and oxygen atoms in total. The zero-order valence-corrected chi connectivity index (χ0v) is 14.3. The van der Waals surface area contributed by atoms with E-state index in [-0.39, 0.29) is 6.04 Å². The Bertz CT molecular complexity index is 444. The molecule has 21 heavy (non-hydrogen) atoms. The predicted octanol–water partition coefficient (Wildman–Crippen LogP) is 4.03. The molecule has 0 saturated heterocycles. The molecule has 0 spiro atoms. The van der Waals surface area contributed by atoms with E-state index >= 15 is 0 Å².